The highest BCUT2D eigenvalue weighted by atomic mass is 19.4. The third kappa shape index (κ3) is 6.24. The van der Waals surface area contributed by atoms with Crippen LogP contribution >= 0.6 is 0 Å². The number of nitrogens with one attached hydrogen (secondary N) is 2. The van der Waals surface area contributed by atoms with E-state index in [0.717, 1.165) is 19.5 Å². The van der Waals surface area contributed by atoms with Crippen LogP contribution < -0.4 is 15.6 Å². The molecule has 184 valence electrons. The zero-order chi connectivity index (χ0) is 25.1. The summed E-state index contributed by atoms with van der Waals surface area (Å²) in [6.45, 7) is 1.58. The molecule has 3 aromatic rings. The monoisotopic (exact) mass is 493 g/mol. The number of hydrogen-bond acceptors (Lipinski definition) is 6. The van der Waals surface area contributed by atoms with Gasteiger partial charge >= 0.3 is 18.5 Å². The third-order valence-corrected chi connectivity index (χ3v) is 4.69. The lowest BCUT2D eigenvalue weighted by atomic mass is 10.1. The van der Waals surface area contributed by atoms with Crippen LogP contribution in [0.15, 0.2) is 35.3 Å². The molecule has 9 nitrogen and oxygen atoms in total. The number of aliphatic carboxylic acids is 1. The quantitative estimate of drug-likeness (QED) is 0.478. The second-order valence-electron chi connectivity index (χ2n) is 7.12. The summed E-state index contributed by atoms with van der Waals surface area (Å²) in [6, 6.07) is 5.87. The van der Waals surface area contributed by atoms with Gasteiger partial charge in [-0.25, -0.2) is 14.5 Å². The minimum atomic E-state index is -5.08. The molecule has 1 fully saturated rings. The van der Waals surface area contributed by atoms with Gasteiger partial charge in [0.15, 0.2) is 5.65 Å². The fraction of sp³-hybridized carbons (Fsp3) is 0.368. The predicted octanol–water partition coefficient (Wildman–Crippen LogP) is 2.78. The molecule has 0 aliphatic carbocycles. The van der Waals surface area contributed by atoms with Crippen molar-refractivity contribution in [3.05, 3.63) is 52.2 Å². The van der Waals surface area contributed by atoms with Gasteiger partial charge in [-0.05, 0) is 19.0 Å². The molecule has 0 spiro atoms. The summed E-state index contributed by atoms with van der Waals surface area (Å²) in [6.07, 6.45) is -7.56. The first-order chi connectivity index (χ1) is 15.8. The van der Waals surface area contributed by atoms with Gasteiger partial charge in [0.05, 0.1) is 12.2 Å². The number of hydrogen-bond donors (Lipinski definition) is 3. The summed E-state index contributed by atoms with van der Waals surface area (Å²) in [5.74, 6) is -2.83. The lowest BCUT2D eigenvalue weighted by Gasteiger charge is -2.13. The first kappa shape index (κ1) is 25.0. The number of aromatic nitrogens is 4. The van der Waals surface area contributed by atoms with E-state index in [1.165, 1.54) is 24.4 Å². The molecule has 0 radical (unpaired) electrons. The predicted molar refractivity (Wildman–Crippen MR) is 104 cm³/mol. The molecule has 1 aliphatic rings. The number of carboxylic acids is 1. The highest BCUT2D eigenvalue weighted by Crippen LogP contribution is 2.27. The van der Waals surface area contributed by atoms with Gasteiger partial charge in [-0.15, -0.1) is 13.2 Å². The van der Waals surface area contributed by atoms with E-state index in [0.29, 0.717) is 11.0 Å². The Kier molecular flexibility index (Phi) is 7.14. The SMILES string of the molecule is O=C(O)C(F)(F)F.O=c1[nH]c(Cc2ccccc2OC(F)(F)F)nc2c1cnn2C1CCNC1. The van der Waals surface area contributed by atoms with Crippen LogP contribution in [-0.2, 0) is 11.2 Å². The van der Waals surface area contributed by atoms with Gasteiger partial charge in [-0.3, -0.25) is 4.79 Å². The number of carbonyl (C=O) groups is 1. The maximum atomic E-state index is 12.6. The summed E-state index contributed by atoms with van der Waals surface area (Å²) in [4.78, 5) is 28.3. The van der Waals surface area contributed by atoms with Crippen molar-refractivity contribution in [2.24, 2.45) is 0 Å². The first-order valence-corrected chi connectivity index (χ1v) is 9.66. The molecule has 0 amide bonds. The number of halogens is 6. The smallest absolute Gasteiger partial charge is 0.475 e. The second-order valence-corrected chi connectivity index (χ2v) is 7.12. The van der Waals surface area contributed by atoms with Gasteiger partial charge in [-0.1, -0.05) is 18.2 Å². The topological polar surface area (TPSA) is 122 Å². The van der Waals surface area contributed by atoms with E-state index < -0.39 is 18.5 Å². The molecule has 4 rings (SSSR count). The normalized spacial score (nSPS) is 16.2. The molecule has 2 aromatic heterocycles. The highest BCUT2D eigenvalue weighted by molar-refractivity contribution is 5.73. The Bertz CT molecular complexity index is 1210. The van der Waals surface area contributed by atoms with Crippen LogP contribution in [0.1, 0.15) is 23.9 Å². The molecule has 1 aliphatic heterocycles. The Labute approximate surface area is 186 Å². The standard InChI is InChI=1S/C17H16F3N5O2.C2HF3O2/c18-17(19,20)27-13-4-2-1-3-10(13)7-14-23-15-12(16(26)24-14)9-22-25(15)11-5-6-21-8-11;3-2(4,5)1(6)7/h1-4,9,11,21H,5-8H2,(H,23,24,26);(H,6,7). The van der Waals surface area contributed by atoms with Gasteiger partial charge in [-0.2, -0.15) is 18.3 Å². The Morgan fingerprint density at radius 2 is 1.88 bits per heavy atom. The number of ether oxygens (including phenoxy) is 1. The van der Waals surface area contributed by atoms with Crippen LogP contribution in [0.2, 0.25) is 0 Å². The van der Waals surface area contributed by atoms with E-state index in [4.69, 9.17) is 9.90 Å². The van der Waals surface area contributed by atoms with Crippen molar-refractivity contribution in [1.29, 1.82) is 0 Å². The Morgan fingerprint density at radius 1 is 1.21 bits per heavy atom. The summed E-state index contributed by atoms with van der Waals surface area (Å²) >= 11 is 0. The van der Waals surface area contributed by atoms with Crippen molar-refractivity contribution >= 4 is 17.0 Å². The van der Waals surface area contributed by atoms with Gasteiger partial charge in [0, 0.05) is 18.5 Å². The minimum absolute atomic E-state index is 0.00840. The fourth-order valence-corrected chi connectivity index (χ4v) is 3.24. The Hall–Kier alpha value is -3.62. The van der Waals surface area contributed by atoms with Gasteiger partial charge in [0.25, 0.3) is 5.56 Å². The molecular weight excluding hydrogens is 476 g/mol. The summed E-state index contributed by atoms with van der Waals surface area (Å²) in [7, 11) is 0. The third-order valence-electron chi connectivity index (χ3n) is 4.69. The Balaban J connectivity index is 0.000000406. The molecule has 1 atom stereocenters. The zero-order valence-electron chi connectivity index (χ0n) is 17.1. The number of carboxylic acid groups (broad SMARTS) is 1. The van der Waals surface area contributed by atoms with E-state index in [1.54, 1.807) is 10.7 Å². The number of rotatable bonds is 4. The largest absolute Gasteiger partial charge is 0.573 e. The molecule has 0 bridgehead atoms. The number of fused-ring (bicyclic) bond motifs is 1. The lowest BCUT2D eigenvalue weighted by Crippen LogP contribution is -2.21. The average molecular weight is 493 g/mol. The van der Waals surface area contributed by atoms with Crippen molar-refractivity contribution in [2.75, 3.05) is 13.1 Å². The fourth-order valence-electron chi connectivity index (χ4n) is 3.24. The molecule has 1 saturated heterocycles. The van der Waals surface area contributed by atoms with E-state index in [1.807, 2.05) is 0 Å². The number of H-pyrrole nitrogens is 1. The van der Waals surface area contributed by atoms with Crippen molar-refractivity contribution in [1.82, 2.24) is 25.1 Å². The lowest BCUT2D eigenvalue weighted by molar-refractivity contribution is -0.274. The van der Waals surface area contributed by atoms with Crippen LogP contribution in [0.3, 0.4) is 0 Å². The summed E-state index contributed by atoms with van der Waals surface area (Å²) in [5.41, 5.74) is 0.323. The van der Waals surface area contributed by atoms with Crippen LogP contribution in [0.5, 0.6) is 5.75 Å². The Morgan fingerprint density at radius 3 is 2.47 bits per heavy atom. The molecule has 1 unspecified atom stereocenters. The van der Waals surface area contributed by atoms with Gasteiger partial charge in [0.1, 0.15) is 17.0 Å². The average Bonchev–Trinajstić information content (AvgIpc) is 3.38. The van der Waals surface area contributed by atoms with Crippen LogP contribution in [0, 0.1) is 0 Å². The van der Waals surface area contributed by atoms with Crippen molar-refractivity contribution < 1.29 is 41.0 Å². The maximum Gasteiger partial charge on any atom is 0.573 e. The number of aromatic amines is 1. The first-order valence-electron chi connectivity index (χ1n) is 9.66. The van der Waals surface area contributed by atoms with Crippen molar-refractivity contribution in [3.63, 3.8) is 0 Å². The van der Waals surface area contributed by atoms with Crippen molar-refractivity contribution in [3.8, 4) is 5.75 Å². The van der Waals surface area contributed by atoms with E-state index >= 15 is 0 Å². The van der Waals surface area contributed by atoms with E-state index in [9.17, 15) is 31.1 Å². The molecule has 3 heterocycles. The number of para-hydroxylation sites is 1. The van der Waals surface area contributed by atoms with Gasteiger partial charge < -0.3 is 20.1 Å². The molecule has 1 aromatic carbocycles. The van der Waals surface area contributed by atoms with E-state index in [-0.39, 0.29) is 35.2 Å². The molecule has 34 heavy (non-hydrogen) atoms. The van der Waals surface area contributed by atoms with Crippen molar-refractivity contribution in [2.45, 2.75) is 31.4 Å². The minimum Gasteiger partial charge on any atom is -0.475 e. The second kappa shape index (κ2) is 9.70. The van der Waals surface area contributed by atoms with Crippen LogP contribution in [-0.4, -0.2) is 56.5 Å². The van der Waals surface area contributed by atoms with Gasteiger partial charge in [0.2, 0.25) is 0 Å². The number of nitrogens with zero attached hydrogens (tertiary/aromatic N) is 3. The highest BCUT2D eigenvalue weighted by Gasteiger charge is 2.38. The zero-order valence-corrected chi connectivity index (χ0v) is 17.1. The summed E-state index contributed by atoms with van der Waals surface area (Å²) < 4.78 is 75.3. The molecule has 3 N–H and O–H groups in total. The molecule has 0 saturated carbocycles. The molecule has 15 heteroatoms. The van der Waals surface area contributed by atoms with E-state index in [2.05, 4.69) is 25.1 Å². The number of benzene rings is 1. The van der Waals surface area contributed by atoms with Crippen LogP contribution in [0.25, 0.3) is 11.0 Å². The maximum absolute atomic E-state index is 12.6. The number of alkyl halides is 6. The summed E-state index contributed by atoms with van der Waals surface area (Å²) in [5, 5.41) is 15.0. The molecular formula is C19H17F6N5O4. The van der Waals surface area contributed by atoms with Crippen LogP contribution in [0.4, 0.5) is 26.3 Å².